The van der Waals surface area contributed by atoms with Gasteiger partial charge in [-0.2, -0.15) is 5.10 Å². The summed E-state index contributed by atoms with van der Waals surface area (Å²) in [5.74, 6) is -1.99. The molecule has 0 aromatic carbocycles. The summed E-state index contributed by atoms with van der Waals surface area (Å²) in [5, 5.41) is 17.0. The molecule has 0 amide bonds. The highest BCUT2D eigenvalue weighted by molar-refractivity contribution is 6.18. The highest BCUT2D eigenvalue weighted by Crippen LogP contribution is 2.07. The molecule has 21 heavy (non-hydrogen) atoms. The maximum atomic E-state index is 11.7. The van der Waals surface area contributed by atoms with Crippen molar-refractivity contribution in [2.45, 2.75) is 34.1 Å². The Morgan fingerprint density at radius 2 is 1.67 bits per heavy atom. The van der Waals surface area contributed by atoms with Crippen molar-refractivity contribution in [3.63, 3.8) is 0 Å². The molecule has 0 unspecified atom stereocenters. The van der Waals surface area contributed by atoms with Crippen LogP contribution in [0.2, 0.25) is 0 Å². The normalized spacial score (nSPS) is 13.5. The van der Waals surface area contributed by atoms with Crippen molar-refractivity contribution in [1.82, 2.24) is 0 Å². The third-order valence-electron chi connectivity index (χ3n) is 2.06. The number of ketones is 1. The number of hydrogen-bond donors (Lipinski definition) is 2. The van der Waals surface area contributed by atoms with Crippen LogP contribution in [0.5, 0.6) is 0 Å². The van der Waals surface area contributed by atoms with Gasteiger partial charge >= 0.3 is 5.97 Å². The Bertz CT molecular complexity index is 480. The smallest absolute Gasteiger partial charge is 0.349 e. The zero-order valence-corrected chi connectivity index (χ0v) is 12.7. The number of hydrogen-bond acceptors (Lipinski definition) is 7. The first kappa shape index (κ1) is 18.6. The number of nitrogens with zero attached hydrogens (tertiary/aromatic N) is 2. The Hall–Kier alpha value is -2.38. The predicted octanol–water partition coefficient (Wildman–Crippen LogP) is 1.07. The summed E-state index contributed by atoms with van der Waals surface area (Å²) in [6, 6.07) is 0. The zero-order chi connectivity index (χ0) is 16.4. The number of Topliss-reactive ketones (excluding diaryl/α,β-unsaturated/α-hetero) is 1. The SMILES string of the molecule is CCOC(=O)C(=C(/O)OCC)/C(N)=N\N=C(/C)CC(C)=O. The van der Waals surface area contributed by atoms with Crippen LogP contribution in [0.25, 0.3) is 0 Å². The quantitative estimate of drug-likeness (QED) is 0.172. The first-order chi connectivity index (χ1) is 9.83. The summed E-state index contributed by atoms with van der Waals surface area (Å²) < 4.78 is 9.60. The van der Waals surface area contributed by atoms with Crippen LogP contribution in [-0.2, 0) is 19.1 Å². The molecule has 8 heteroatoms. The van der Waals surface area contributed by atoms with Gasteiger partial charge in [-0.15, -0.1) is 5.10 Å². The number of nitrogens with two attached hydrogens (primary N) is 1. The van der Waals surface area contributed by atoms with Gasteiger partial charge in [0, 0.05) is 12.1 Å². The topological polar surface area (TPSA) is 124 Å². The van der Waals surface area contributed by atoms with Gasteiger partial charge in [0.1, 0.15) is 5.78 Å². The lowest BCUT2D eigenvalue weighted by atomic mass is 10.2. The monoisotopic (exact) mass is 299 g/mol. The van der Waals surface area contributed by atoms with Crippen molar-refractivity contribution < 1.29 is 24.2 Å². The number of carbonyl (C=O) groups is 2. The second kappa shape index (κ2) is 9.51. The summed E-state index contributed by atoms with van der Waals surface area (Å²) >= 11 is 0. The molecular weight excluding hydrogens is 278 g/mol. The van der Waals surface area contributed by atoms with E-state index in [0.29, 0.717) is 5.71 Å². The minimum absolute atomic E-state index is 0.0802. The third-order valence-corrected chi connectivity index (χ3v) is 2.06. The molecule has 0 rings (SSSR count). The van der Waals surface area contributed by atoms with E-state index in [1.54, 1.807) is 20.8 Å². The van der Waals surface area contributed by atoms with Gasteiger partial charge in [0.05, 0.1) is 13.2 Å². The molecular formula is C13H21N3O5. The van der Waals surface area contributed by atoms with Gasteiger partial charge in [0.15, 0.2) is 11.4 Å². The first-order valence-electron chi connectivity index (χ1n) is 6.42. The number of amidine groups is 1. The standard InChI is InChI=1S/C13H21N3O5/c1-5-20-12(18)10(13(19)21-6-2)11(14)16-15-8(3)7-9(4)17/h18H,5-7H2,1-4H3,(H2,14,16)/b12-10-,15-8+. The molecule has 0 aromatic heterocycles. The number of aliphatic hydroxyl groups excluding tert-OH is 1. The summed E-state index contributed by atoms with van der Waals surface area (Å²) in [5.41, 5.74) is 5.64. The van der Waals surface area contributed by atoms with Crippen molar-refractivity contribution in [1.29, 1.82) is 0 Å². The first-order valence-corrected chi connectivity index (χ1v) is 6.42. The van der Waals surface area contributed by atoms with Crippen LogP contribution in [-0.4, -0.2) is 41.6 Å². The highest BCUT2D eigenvalue weighted by atomic mass is 16.6. The average Bonchev–Trinajstić information content (AvgIpc) is 2.36. The molecule has 0 saturated carbocycles. The van der Waals surface area contributed by atoms with Gasteiger partial charge in [-0.05, 0) is 27.7 Å². The highest BCUT2D eigenvalue weighted by Gasteiger charge is 2.22. The molecule has 0 saturated heterocycles. The van der Waals surface area contributed by atoms with Gasteiger partial charge < -0.3 is 20.3 Å². The van der Waals surface area contributed by atoms with Crippen LogP contribution < -0.4 is 5.73 Å². The van der Waals surface area contributed by atoms with Crippen LogP contribution in [0, 0.1) is 0 Å². The van der Waals surface area contributed by atoms with Gasteiger partial charge in [0.2, 0.25) is 0 Å². The van der Waals surface area contributed by atoms with Crippen LogP contribution in [0.4, 0.5) is 0 Å². The van der Waals surface area contributed by atoms with Crippen molar-refractivity contribution in [3.8, 4) is 0 Å². The van der Waals surface area contributed by atoms with Crippen LogP contribution >= 0.6 is 0 Å². The van der Waals surface area contributed by atoms with Crippen LogP contribution in [0.3, 0.4) is 0 Å². The van der Waals surface area contributed by atoms with Crippen LogP contribution in [0.1, 0.15) is 34.1 Å². The van der Waals surface area contributed by atoms with Gasteiger partial charge in [-0.3, -0.25) is 4.79 Å². The molecule has 0 atom stereocenters. The number of carbonyl (C=O) groups excluding carboxylic acids is 2. The van der Waals surface area contributed by atoms with E-state index in [-0.39, 0.29) is 31.3 Å². The largest absolute Gasteiger partial charge is 0.480 e. The predicted molar refractivity (Wildman–Crippen MR) is 77.9 cm³/mol. The Morgan fingerprint density at radius 3 is 2.14 bits per heavy atom. The van der Waals surface area contributed by atoms with E-state index in [0.717, 1.165) is 0 Å². The fourth-order valence-electron chi connectivity index (χ4n) is 1.30. The van der Waals surface area contributed by atoms with Crippen LogP contribution in [0.15, 0.2) is 21.7 Å². The minimum atomic E-state index is -0.871. The molecule has 0 bridgehead atoms. The summed E-state index contributed by atoms with van der Waals surface area (Å²) in [6.07, 6.45) is 0.118. The summed E-state index contributed by atoms with van der Waals surface area (Å²) in [7, 11) is 0. The van der Waals surface area contributed by atoms with E-state index >= 15 is 0 Å². The number of esters is 1. The van der Waals surface area contributed by atoms with E-state index in [1.807, 2.05) is 0 Å². The van der Waals surface area contributed by atoms with Crippen molar-refractivity contribution in [2.24, 2.45) is 15.9 Å². The summed E-state index contributed by atoms with van der Waals surface area (Å²) in [6.45, 7) is 6.47. The lowest BCUT2D eigenvalue weighted by Crippen LogP contribution is -2.25. The Labute approximate surface area is 123 Å². The van der Waals surface area contributed by atoms with Gasteiger partial charge in [-0.1, -0.05) is 0 Å². The minimum Gasteiger partial charge on any atom is -0.480 e. The zero-order valence-electron chi connectivity index (χ0n) is 12.7. The molecule has 0 aliphatic carbocycles. The summed E-state index contributed by atoms with van der Waals surface area (Å²) in [4.78, 5) is 22.7. The average molecular weight is 299 g/mol. The van der Waals surface area contributed by atoms with Gasteiger partial charge in [-0.25, -0.2) is 4.79 Å². The third kappa shape index (κ3) is 7.09. The molecule has 3 N–H and O–H groups in total. The fraction of sp³-hybridized carbons (Fsp3) is 0.538. The van der Waals surface area contributed by atoms with Crippen molar-refractivity contribution in [2.75, 3.05) is 13.2 Å². The number of aliphatic hydroxyl groups is 1. The lowest BCUT2D eigenvalue weighted by molar-refractivity contribution is -0.138. The van der Waals surface area contributed by atoms with Crippen molar-refractivity contribution in [3.05, 3.63) is 11.5 Å². The molecule has 0 radical (unpaired) electrons. The second-order valence-corrected chi connectivity index (χ2v) is 4.03. The lowest BCUT2D eigenvalue weighted by Gasteiger charge is -2.08. The number of ether oxygens (including phenoxy) is 2. The van der Waals surface area contributed by atoms with E-state index < -0.39 is 17.5 Å². The van der Waals surface area contributed by atoms with Gasteiger partial charge in [0.25, 0.3) is 5.95 Å². The molecule has 0 heterocycles. The number of rotatable bonds is 8. The molecule has 0 aromatic rings. The Balaban J connectivity index is 5.39. The van der Waals surface area contributed by atoms with Crippen molar-refractivity contribution >= 4 is 23.3 Å². The molecule has 0 fully saturated rings. The maximum absolute atomic E-state index is 11.7. The Kier molecular flexibility index (Phi) is 8.43. The van der Waals surface area contributed by atoms with E-state index in [4.69, 9.17) is 15.2 Å². The molecule has 0 aliphatic heterocycles. The molecule has 0 aliphatic rings. The molecule has 0 spiro atoms. The fourth-order valence-corrected chi connectivity index (χ4v) is 1.30. The second-order valence-electron chi connectivity index (χ2n) is 4.03. The molecule has 8 nitrogen and oxygen atoms in total. The Morgan fingerprint density at radius 1 is 1.10 bits per heavy atom. The molecule has 118 valence electrons. The van der Waals surface area contributed by atoms with E-state index in [2.05, 4.69) is 10.2 Å². The maximum Gasteiger partial charge on any atom is 0.349 e. The van der Waals surface area contributed by atoms with E-state index in [9.17, 15) is 14.7 Å². The van der Waals surface area contributed by atoms with E-state index in [1.165, 1.54) is 6.92 Å².